The van der Waals surface area contributed by atoms with Gasteiger partial charge in [-0.3, -0.25) is 0 Å². The number of sulfonamides is 1. The van der Waals surface area contributed by atoms with Gasteiger partial charge in [-0.1, -0.05) is 0 Å². The maximum absolute atomic E-state index is 11.3. The van der Waals surface area contributed by atoms with Crippen molar-refractivity contribution < 1.29 is 8.42 Å². The molecule has 0 aromatic carbocycles. The highest BCUT2D eigenvalue weighted by Gasteiger charge is 2.16. The molecule has 0 saturated heterocycles. The van der Waals surface area contributed by atoms with Gasteiger partial charge in [-0.15, -0.1) is 5.10 Å². The molecule has 6 nitrogen and oxygen atoms in total. The SMILES string of the molecule is CC(C)S(=O)(=O)Nc1nccnn1. The molecular formula is C6H10N4O2S. The summed E-state index contributed by atoms with van der Waals surface area (Å²) in [4.78, 5) is 3.68. The Morgan fingerprint density at radius 3 is 2.54 bits per heavy atom. The van der Waals surface area contributed by atoms with E-state index in [9.17, 15) is 8.42 Å². The summed E-state index contributed by atoms with van der Waals surface area (Å²) in [6.07, 6.45) is 2.73. The molecule has 0 unspecified atom stereocenters. The molecular weight excluding hydrogens is 192 g/mol. The van der Waals surface area contributed by atoms with Gasteiger partial charge in [0, 0.05) is 0 Å². The van der Waals surface area contributed by atoms with Gasteiger partial charge in [0.1, 0.15) is 0 Å². The average molecular weight is 202 g/mol. The lowest BCUT2D eigenvalue weighted by Crippen LogP contribution is -2.23. The normalized spacial score (nSPS) is 11.6. The molecule has 1 rings (SSSR count). The van der Waals surface area contributed by atoms with Crippen LogP contribution in [0, 0.1) is 0 Å². The van der Waals surface area contributed by atoms with Crippen LogP contribution in [0.1, 0.15) is 13.8 Å². The Morgan fingerprint density at radius 2 is 2.08 bits per heavy atom. The van der Waals surface area contributed by atoms with Crippen molar-refractivity contribution in [2.24, 2.45) is 0 Å². The van der Waals surface area contributed by atoms with Crippen LogP contribution < -0.4 is 4.72 Å². The first-order valence-electron chi connectivity index (χ1n) is 3.67. The number of aromatic nitrogens is 3. The maximum Gasteiger partial charge on any atom is 0.256 e. The molecule has 0 atom stereocenters. The quantitative estimate of drug-likeness (QED) is 0.747. The third kappa shape index (κ3) is 2.62. The van der Waals surface area contributed by atoms with Gasteiger partial charge in [0.25, 0.3) is 5.95 Å². The van der Waals surface area contributed by atoms with Crippen molar-refractivity contribution >= 4 is 16.0 Å². The van der Waals surface area contributed by atoms with E-state index in [4.69, 9.17) is 0 Å². The maximum atomic E-state index is 11.3. The van der Waals surface area contributed by atoms with E-state index >= 15 is 0 Å². The summed E-state index contributed by atoms with van der Waals surface area (Å²) in [5, 5.41) is 6.47. The van der Waals surface area contributed by atoms with Crippen LogP contribution in [0.5, 0.6) is 0 Å². The van der Waals surface area contributed by atoms with E-state index in [0.29, 0.717) is 0 Å². The largest absolute Gasteiger partial charge is 0.256 e. The molecule has 1 N–H and O–H groups in total. The average Bonchev–Trinajstić information content (AvgIpc) is 2.05. The molecule has 0 saturated carbocycles. The fourth-order valence-electron chi connectivity index (χ4n) is 0.539. The van der Waals surface area contributed by atoms with E-state index < -0.39 is 15.3 Å². The Bertz CT molecular complexity index is 361. The van der Waals surface area contributed by atoms with Crippen molar-refractivity contribution in [3.8, 4) is 0 Å². The molecule has 0 bridgehead atoms. The van der Waals surface area contributed by atoms with Crippen LogP contribution in [0.3, 0.4) is 0 Å². The van der Waals surface area contributed by atoms with Gasteiger partial charge >= 0.3 is 0 Å². The van der Waals surface area contributed by atoms with Gasteiger partial charge < -0.3 is 0 Å². The molecule has 0 aliphatic heterocycles. The molecule has 0 aliphatic carbocycles. The molecule has 72 valence electrons. The second-order valence-electron chi connectivity index (χ2n) is 2.66. The Hall–Kier alpha value is -1.24. The Labute approximate surface area is 76.5 Å². The van der Waals surface area contributed by atoms with Crippen molar-refractivity contribution in [2.45, 2.75) is 19.1 Å². The van der Waals surface area contributed by atoms with Crippen LogP contribution in [0.15, 0.2) is 12.4 Å². The summed E-state index contributed by atoms with van der Waals surface area (Å²) in [6.45, 7) is 3.14. The van der Waals surface area contributed by atoms with Crippen molar-refractivity contribution in [2.75, 3.05) is 4.72 Å². The summed E-state index contributed by atoms with van der Waals surface area (Å²) in [6, 6.07) is 0. The Morgan fingerprint density at radius 1 is 1.38 bits per heavy atom. The van der Waals surface area contributed by atoms with Crippen molar-refractivity contribution in [3.05, 3.63) is 12.4 Å². The van der Waals surface area contributed by atoms with Crippen LogP contribution in [0.4, 0.5) is 5.95 Å². The minimum Gasteiger partial charge on any atom is -0.250 e. The zero-order valence-corrected chi connectivity index (χ0v) is 8.11. The first kappa shape index (κ1) is 9.85. The zero-order valence-electron chi connectivity index (χ0n) is 7.30. The van der Waals surface area contributed by atoms with E-state index in [1.807, 2.05) is 0 Å². The van der Waals surface area contributed by atoms with Gasteiger partial charge in [-0.2, -0.15) is 5.10 Å². The molecule has 0 radical (unpaired) electrons. The second kappa shape index (κ2) is 3.65. The van der Waals surface area contributed by atoms with Crippen LogP contribution >= 0.6 is 0 Å². The summed E-state index contributed by atoms with van der Waals surface area (Å²) in [5.74, 6) is -0.00352. The lowest BCUT2D eigenvalue weighted by Gasteiger charge is -2.07. The van der Waals surface area contributed by atoms with Gasteiger partial charge in [0.2, 0.25) is 10.0 Å². The predicted molar refractivity (Wildman–Crippen MR) is 47.5 cm³/mol. The molecule has 0 fully saturated rings. The van der Waals surface area contributed by atoms with E-state index in [1.165, 1.54) is 12.4 Å². The highest BCUT2D eigenvalue weighted by atomic mass is 32.2. The molecule has 13 heavy (non-hydrogen) atoms. The smallest absolute Gasteiger partial charge is 0.250 e. The number of nitrogens with zero attached hydrogens (tertiary/aromatic N) is 3. The van der Waals surface area contributed by atoms with Crippen molar-refractivity contribution in [3.63, 3.8) is 0 Å². The molecule has 0 aliphatic rings. The molecule has 7 heteroatoms. The number of anilines is 1. The number of nitrogens with one attached hydrogen (secondary N) is 1. The third-order valence-electron chi connectivity index (χ3n) is 1.34. The fourth-order valence-corrected chi connectivity index (χ4v) is 1.12. The van der Waals surface area contributed by atoms with Gasteiger partial charge in [0.05, 0.1) is 17.6 Å². The summed E-state index contributed by atoms with van der Waals surface area (Å²) >= 11 is 0. The molecule has 0 spiro atoms. The van der Waals surface area contributed by atoms with E-state index in [0.717, 1.165) is 0 Å². The minimum atomic E-state index is -3.37. The van der Waals surface area contributed by atoms with Crippen LogP contribution in [0.2, 0.25) is 0 Å². The van der Waals surface area contributed by atoms with Crippen LogP contribution in [0.25, 0.3) is 0 Å². The number of hydrogen-bond donors (Lipinski definition) is 1. The predicted octanol–water partition coefficient (Wildman–Crippen LogP) is 0.0217. The van der Waals surface area contributed by atoms with E-state index in [2.05, 4.69) is 19.9 Å². The second-order valence-corrected chi connectivity index (χ2v) is 4.90. The molecule has 1 aromatic rings. The highest BCUT2D eigenvalue weighted by molar-refractivity contribution is 7.93. The van der Waals surface area contributed by atoms with Crippen molar-refractivity contribution in [1.82, 2.24) is 15.2 Å². The summed E-state index contributed by atoms with van der Waals surface area (Å²) < 4.78 is 24.8. The highest BCUT2D eigenvalue weighted by Crippen LogP contribution is 2.03. The van der Waals surface area contributed by atoms with E-state index in [-0.39, 0.29) is 5.95 Å². The lowest BCUT2D eigenvalue weighted by molar-refractivity contribution is 0.592. The lowest BCUT2D eigenvalue weighted by atomic mass is 10.6. The monoisotopic (exact) mass is 202 g/mol. The third-order valence-corrected chi connectivity index (χ3v) is 3.05. The summed E-state index contributed by atoms with van der Waals surface area (Å²) in [5.41, 5.74) is 0. The van der Waals surface area contributed by atoms with Crippen LogP contribution in [-0.2, 0) is 10.0 Å². The van der Waals surface area contributed by atoms with Crippen molar-refractivity contribution in [1.29, 1.82) is 0 Å². The standard InChI is InChI=1S/C6H10N4O2S/c1-5(2)13(11,12)10-6-7-3-4-8-9-6/h3-5H,1-2H3,(H,7,9,10). The summed E-state index contributed by atoms with van der Waals surface area (Å²) in [7, 11) is -3.37. The number of hydrogen-bond acceptors (Lipinski definition) is 5. The first-order chi connectivity index (χ1) is 6.02. The minimum absolute atomic E-state index is 0.00352. The topological polar surface area (TPSA) is 84.8 Å². The van der Waals surface area contributed by atoms with Crippen LogP contribution in [-0.4, -0.2) is 28.8 Å². The van der Waals surface area contributed by atoms with Gasteiger partial charge in [-0.05, 0) is 13.8 Å². The molecule has 0 amide bonds. The van der Waals surface area contributed by atoms with E-state index in [1.54, 1.807) is 13.8 Å². The zero-order chi connectivity index (χ0) is 9.90. The molecule has 1 heterocycles. The number of rotatable bonds is 3. The Balaban J connectivity index is 2.82. The Kier molecular flexibility index (Phi) is 2.76. The first-order valence-corrected chi connectivity index (χ1v) is 5.22. The molecule has 1 aromatic heterocycles. The van der Waals surface area contributed by atoms with Gasteiger partial charge in [0.15, 0.2) is 0 Å². The fraction of sp³-hybridized carbons (Fsp3) is 0.500. The van der Waals surface area contributed by atoms with Gasteiger partial charge in [-0.25, -0.2) is 18.1 Å².